The Bertz CT molecular complexity index is 1880. The van der Waals surface area contributed by atoms with Crippen molar-refractivity contribution in [3.8, 4) is 0 Å². The van der Waals surface area contributed by atoms with E-state index >= 15 is 0 Å². The lowest BCUT2D eigenvalue weighted by atomic mass is 9.41. The van der Waals surface area contributed by atoms with Crippen molar-refractivity contribution in [2.45, 2.75) is 20.0 Å². The second kappa shape index (κ2) is 11.0. The SMILES string of the molecule is CC12C(c3ccccc3)=C(c3ccccc3)C(C3C(=O)N(Cc4ccc(Cl)cc4)C(=O)C31)C1C(=O)N(Cc3ccc(Cl)cc3)C(=O)C12. The van der Waals surface area contributed by atoms with Crippen LogP contribution in [0.1, 0.15) is 29.2 Å². The smallest absolute Gasteiger partial charge is 0.234 e. The third-order valence-electron chi connectivity index (χ3n) is 10.7. The summed E-state index contributed by atoms with van der Waals surface area (Å²) in [6.07, 6.45) is 0. The van der Waals surface area contributed by atoms with Crippen LogP contribution in [0.15, 0.2) is 109 Å². The molecule has 5 aliphatic rings. The van der Waals surface area contributed by atoms with Crippen molar-refractivity contribution in [1.29, 1.82) is 0 Å². The van der Waals surface area contributed by atoms with Gasteiger partial charge in [-0.1, -0.05) is 115 Å². The number of benzene rings is 4. The first-order valence-electron chi connectivity index (χ1n) is 15.7. The fraction of sp³-hybridized carbons (Fsp3) is 0.231. The van der Waals surface area contributed by atoms with Crippen molar-refractivity contribution in [1.82, 2.24) is 9.80 Å². The van der Waals surface area contributed by atoms with Crippen LogP contribution >= 0.6 is 23.2 Å². The predicted molar refractivity (Wildman–Crippen MR) is 179 cm³/mol. The highest BCUT2D eigenvalue weighted by Gasteiger charge is 2.76. The van der Waals surface area contributed by atoms with Crippen molar-refractivity contribution < 1.29 is 19.2 Å². The van der Waals surface area contributed by atoms with Crippen LogP contribution in [0, 0.1) is 35.0 Å². The summed E-state index contributed by atoms with van der Waals surface area (Å²) in [6.45, 7) is 2.12. The maximum atomic E-state index is 14.7. The van der Waals surface area contributed by atoms with E-state index in [4.69, 9.17) is 23.2 Å². The zero-order chi connectivity index (χ0) is 32.6. The summed E-state index contributed by atoms with van der Waals surface area (Å²) in [7, 11) is 0. The molecular formula is C39H30Cl2N2O4. The fourth-order valence-corrected chi connectivity index (χ4v) is 9.16. The van der Waals surface area contributed by atoms with Gasteiger partial charge >= 0.3 is 0 Å². The Morgan fingerprint density at radius 3 is 1.36 bits per heavy atom. The number of rotatable bonds is 6. The Hall–Kier alpha value is -4.52. The number of carbonyl (C=O) groups excluding carboxylic acids is 4. The average Bonchev–Trinajstić information content (AvgIpc) is 3.49. The summed E-state index contributed by atoms with van der Waals surface area (Å²) in [5.74, 6) is -5.12. The Balaban J connectivity index is 1.33. The number of nitrogens with zero attached hydrogens (tertiary/aromatic N) is 2. The van der Waals surface area contributed by atoms with Gasteiger partial charge < -0.3 is 0 Å². The lowest BCUT2D eigenvalue weighted by Crippen LogP contribution is -2.59. The van der Waals surface area contributed by atoms with E-state index in [1.165, 1.54) is 9.80 Å². The third-order valence-corrected chi connectivity index (χ3v) is 11.3. The van der Waals surface area contributed by atoms with E-state index in [1.807, 2.05) is 67.6 Å². The summed E-state index contributed by atoms with van der Waals surface area (Å²) in [4.78, 5) is 61.2. The molecule has 0 N–H and O–H groups in total. The van der Waals surface area contributed by atoms with Gasteiger partial charge in [0.2, 0.25) is 23.6 Å². The largest absolute Gasteiger partial charge is 0.278 e. The van der Waals surface area contributed by atoms with Crippen molar-refractivity contribution >= 4 is 58.0 Å². The van der Waals surface area contributed by atoms with E-state index in [9.17, 15) is 19.2 Å². The Kier molecular flexibility index (Phi) is 7.01. The molecule has 0 radical (unpaired) electrons. The molecule has 9 rings (SSSR count). The molecular weight excluding hydrogens is 631 g/mol. The second-order valence-corrected chi connectivity index (χ2v) is 14.0. The lowest BCUT2D eigenvalue weighted by molar-refractivity contribution is -0.144. The molecule has 6 nitrogen and oxygen atoms in total. The van der Waals surface area contributed by atoms with E-state index in [2.05, 4.69) is 0 Å². The molecule has 2 aliphatic heterocycles. The minimum absolute atomic E-state index is 0.0892. The predicted octanol–water partition coefficient (Wildman–Crippen LogP) is 7.16. The highest BCUT2D eigenvalue weighted by molar-refractivity contribution is 6.30. The molecule has 234 valence electrons. The molecule has 2 saturated heterocycles. The average molecular weight is 662 g/mol. The quantitative estimate of drug-likeness (QED) is 0.206. The molecule has 1 saturated carbocycles. The zero-order valence-corrected chi connectivity index (χ0v) is 27.0. The minimum atomic E-state index is -1.15. The second-order valence-electron chi connectivity index (χ2n) is 13.1. The van der Waals surface area contributed by atoms with Crippen LogP contribution in [0.5, 0.6) is 0 Å². The van der Waals surface area contributed by atoms with Crippen LogP contribution in [0.4, 0.5) is 0 Å². The number of hydrogen-bond donors (Lipinski definition) is 0. The topological polar surface area (TPSA) is 74.8 Å². The molecule has 3 aliphatic carbocycles. The van der Waals surface area contributed by atoms with Gasteiger partial charge in [0.15, 0.2) is 0 Å². The van der Waals surface area contributed by atoms with Gasteiger partial charge in [-0.15, -0.1) is 0 Å². The van der Waals surface area contributed by atoms with E-state index in [0.717, 1.165) is 33.4 Å². The van der Waals surface area contributed by atoms with Crippen molar-refractivity contribution in [3.05, 3.63) is 141 Å². The first-order chi connectivity index (χ1) is 22.7. The van der Waals surface area contributed by atoms with Crippen LogP contribution in [0.3, 0.4) is 0 Å². The summed E-state index contributed by atoms with van der Waals surface area (Å²) in [6, 6.07) is 33.7. The van der Waals surface area contributed by atoms with Gasteiger partial charge in [0.25, 0.3) is 0 Å². The van der Waals surface area contributed by atoms with Gasteiger partial charge in [-0.05, 0) is 57.7 Å². The number of allylic oxidation sites excluding steroid dienone is 2. The molecule has 4 aromatic rings. The molecule has 2 bridgehead atoms. The van der Waals surface area contributed by atoms with E-state index in [0.29, 0.717) is 10.0 Å². The highest BCUT2D eigenvalue weighted by atomic mass is 35.5. The van der Waals surface area contributed by atoms with E-state index in [1.54, 1.807) is 48.5 Å². The van der Waals surface area contributed by atoms with Crippen LogP contribution in [-0.4, -0.2) is 33.4 Å². The summed E-state index contributed by atoms with van der Waals surface area (Å²) >= 11 is 12.2. The summed E-state index contributed by atoms with van der Waals surface area (Å²) < 4.78 is 0. The highest BCUT2D eigenvalue weighted by Crippen LogP contribution is 2.72. The molecule has 4 amide bonds. The van der Waals surface area contributed by atoms with Crippen LogP contribution < -0.4 is 0 Å². The molecule has 2 heterocycles. The molecule has 8 heteroatoms. The fourth-order valence-electron chi connectivity index (χ4n) is 8.91. The van der Waals surface area contributed by atoms with Gasteiger partial charge in [-0.3, -0.25) is 29.0 Å². The first kappa shape index (κ1) is 29.9. The van der Waals surface area contributed by atoms with E-state index in [-0.39, 0.29) is 36.7 Å². The van der Waals surface area contributed by atoms with Crippen LogP contribution in [0.25, 0.3) is 11.1 Å². The molecule has 4 aromatic carbocycles. The lowest BCUT2D eigenvalue weighted by Gasteiger charge is -2.57. The molecule has 4 unspecified atom stereocenters. The number of imide groups is 2. The Morgan fingerprint density at radius 1 is 0.532 bits per heavy atom. The number of amides is 4. The van der Waals surface area contributed by atoms with Crippen molar-refractivity contribution in [3.63, 3.8) is 0 Å². The molecule has 3 fully saturated rings. The maximum Gasteiger partial charge on any atom is 0.234 e. The van der Waals surface area contributed by atoms with E-state index < -0.39 is 35.0 Å². The zero-order valence-electron chi connectivity index (χ0n) is 25.5. The molecule has 47 heavy (non-hydrogen) atoms. The molecule has 4 atom stereocenters. The standard InChI is InChI=1S/C39H30Cl2N2O4/c1-39-32(25-10-6-3-7-11-25)28(24-8-4-2-5-9-24)29(30-33(39)37(46)42(35(30)44)20-22-12-16-26(40)17-13-22)31-34(39)38(47)43(36(31)45)21-23-14-18-27(41)19-15-23/h2-19,29-31,33-34H,20-21H2,1H3. The maximum absolute atomic E-state index is 14.7. The Morgan fingerprint density at radius 2 is 0.936 bits per heavy atom. The first-order valence-corrected chi connectivity index (χ1v) is 16.5. The van der Waals surface area contributed by atoms with Gasteiger partial charge in [0.05, 0.1) is 36.8 Å². The van der Waals surface area contributed by atoms with Crippen molar-refractivity contribution in [2.24, 2.45) is 35.0 Å². The normalized spacial score (nSPS) is 27.9. The third kappa shape index (κ3) is 4.38. The van der Waals surface area contributed by atoms with Gasteiger partial charge in [0, 0.05) is 21.4 Å². The number of halogens is 2. The summed E-state index contributed by atoms with van der Waals surface area (Å²) in [5.41, 5.74) is 3.88. The monoisotopic (exact) mass is 660 g/mol. The number of carbonyl (C=O) groups is 4. The van der Waals surface area contributed by atoms with Crippen molar-refractivity contribution in [2.75, 3.05) is 0 Å². The van der Waals surface area contributed by atoms with Gasteiger partial charge in [-0.2, -0.15) is 0 Å². The molecule has 0 aromatic heterocycles. The summed E-state index contributed by atoms with van der Waals surface area (Å²) in [5, 5.41) is 1.12. The van der Waals surface area contributed by atoms with Crippen LogP contribution in [0.2, 0.25) is 10.0 Å². The Labute approximate surface area is 282 Å². The minimum Gasteiger partial charge on any atom is -0.278 e. The van der Waals surface area contributed by atoms with Gasteiger partial charge in [-0.25, -0.2) is 0 Å². The van der Waals surface area contributed by atoms with Gasteiger partial charge in [0.1, 0.15) is 0 Å². The van der Waals surface area contributed by atoms with Crippen LogP contribution in [-0.2, 0) is 32.3 Å². The number of hydrogen-bond acceptors (Lipinski definition) is 4. The molecule has 0 spiro atoms. The number of likely N-dealkylation sites (tertiary alicyclic amines) is 2.